The number of hydrogen-bond acceptors (Lipinski definition) is 24. The molecule has 0 saturated carbocycles. The van der Waals surface area contributed by atoms with E-state index in [1.54, 1.807) is 103 Å². The molecule has 6 heterocycles. The van der Waals surface area contributed by atoms with Crippen molar-refractivity contribution in [3.63, 3.8) is 0 Å². The van der Waals surface area contributed by atoms with Crippen LogP contribution in [-0.4, -0.2) is 114 Å². The van der Waals surface area contributed by atoms with Crippen LogP contribution in [0.1, 0.15) is 118 Å². The third-order valence-electron chi connectivity index (χ3n) is 13.2. The maximum Gasteiger partial charge on any atom is 1.00 e. The fourth-order valence-corrected chi connectivity index (χ4v) is 9.78. The monoisotopic (exact) mass is 1600 g/mol. The molecule has 0 saturated heterocycles. The van der Waals surface area contributed by atoms with Crippen LogP contribution in [0, 0.1) is 20.2 Å². The Morgan fingerprint density at radius 2 is 0.857 bits per heavy atom. The third-order valence-corrected chi connectivity index (χ3v) is 13.8. The van der Waals surface area contributed by atoms with Crippen molar-refractivity contribution >= 4 is 116 Å². The fraction of sp³-hybridized carbons (Fsp3) is 0.323. The van der Waals surface area contributed by atoms with Crippen molar-refractivity contribution in [3.05, 3.63) is 217 Å². The van der Waals surface area contributed by atoms with Crippen LogP contribution in [0.25, 0.3) is 17.3 Å². The number of thiol groups is 1. The molecule has 3 aliphatic rings. The van der Waals surface area contributed by atoms with E-state index in [4.69, 9.17) is 50.0 Å². The summed E-state index contributed by atoms with van der Waals surface area (Å²) in [5, 5.41) is 43.7. The zero-order valence-electron chi connectivity index (χ0n) is 54.0. The first-order valence-electron chi connectivity index (χ1n) is 29.2. The van der Waals surface area contributed by atoms with Crippen LogP contribution < -0.4 is 50.6 Å². The second-order valence-electron chi connectivity index (χ2n) is 19.8. The van der Waals surface area contributed by atoms with Gasteiger partial charge in [0, 0.05) is 79.3 Å². The minimum Gasteiger partial charge on any atom is -0.871 e. The predicted molar refractivity (Wildman–Crippen MR) is 363 cm³/mol. The number of ether oxygens (including phenoxy) is 2. The summed E-state index contributed by atoms with van der Waals surface area (Å²) < 4.78 is 62.3. The van der Waals surface area contributed by atoms with Crippen molar-refractivity contribution < 1.29 is 126 Å². The maximum atomic E-state index is 12.7. The van der Waals surface area contributed by atoms with Crippen LogP contribution in [-0.2, 0) is 105 Å². The summed E-state index contributed by atoms with van der Waals surface area (Å²) in [4.78, 5) is 76.5. The van der Waals surface area contributed by atoms with Gasteiger partial charge in [0.05, 0.1) is 12.2 Å². The van der Waals surface area contributed by atoms with Crippen LogP contribution in [0.15, 0.2) is 163 Å². The van der Waals surface area contributed by atoms with E-state index in [9.17, 15) is 29.6 Å². The summed E-state index contributed by atoms with van der Waals surface area (Å²) in [6.07, 6.45) is 20.7. The van der Waals surface area contributed by atoms with Gasteiger partial charge in [-0.05, 0) is 74.6 Å². The third kappa shape index (κ3) is 34.0. The van der Waals surface area contributed by atoms with Crippen LogP contribution >= 0.6 is 28.7 Å². The number of likely N-dealkylation sites (N-methyl/N-ethyl adjacent to an activating group) is 2. The Labute approximate surface area is 629 Å². The van der Waals surface area contributed by atoms with E-state index in [-0.39, 0.29) is 80.8 Å². The molecule has 3 aromatic heterocycles. The molecule has 0 atom stereocenters. The van der Waals surface area contributed by atoms with Gasteiger partial charge < -0.3 is 49.8 Å². The second-order valence-corrected chi connectivity index (χ2v) is 21.1. The van der Waals surface area contributed by atoms with E-state index >= 15 is 0 Å². The molecular weight excluding hydrogens is 1530 g/mol. The van der Waals surface area contributed by atoms with E-state index in [0.29, 0.717) is 65.2 Å². The van der Waals surface area contributed by atoms with Crippen LogP contribution in [0.3, 0.4) is 0 Å². The molecule has 0 spiro atoms. The summed E-state index contributed by atoms with van der Waals surface area (Å²) in [5.41, 5.74) is 6.12. The number of nitrogens with zero attached hydrogens (tertiary/aromatic N) is 8. The van der Waals surface area contributed by atoms with Gasteiger partial charge in [-0.2, -0.15) is 25.3 Å². The molecule has 0 aliphatic carbocycles. The molecule has 9 rings (SSSR count). The SMILES string of the molecule is CCCCCCCCCCCCC.CN1Cc2ccccc2C(OCBr)=C1C(=O)Nc1ccccn1.CN1Cc2ccccc2C([O-])=C1C(=O)Nc1ccccn1.O=C(Nc1ccccn1)C1=C(OCO[N+](=O)[O-])c2ccccc2CN1S.O=S=O.O=S=O.O=S=O.O=[N+]([O-])O.[Ag].[Na+]. The number of alkyl halides is 1. The average Bonchev–Trinajstić information content (AvgIpc) is 0.805. The number of hydrogen-bond donors (Lipinski definition) is 5. The minimum atomic E-state index is -1.50. The molecule has 1 radical (unpaired) electrons. The molecule has 0 fully saturated rings. The Morgan fingerprint density at radius 1 is 0.541 bits per heavy atom. The molecule has 0 unspecified atom stereocenters. The van der Waals surface area contributed by atoms with Gasteiger partial charge in [0.15, 0.2) is 17.2 Å². The van der Waals surface area contributed by atoms with E-state index in [2.05, 4.69) is 78.3 Å². The molecule has 6 aromatic rings. The molecule has 527 valence electrons. The molecule has 98 heavy (non-hydrogen) atoms. The van der Waals surface area contributed by atoms with Gasteiger partial charge in [-0.1, -0.05) is 194 Å². The zero-order chi connectivity index (χ0) is 71.0. The molecule has 3 aliphatic heterocycles. The Morgan fingerprint density at radius 3 is 1.22 bits per heavy atom. The van der Waals surface area contributed by atoms with E-state index < -0.39 is 63.5 Å². The normalized spacial score (nSPS) is 11.6. The van der Waals surface area contributed by atoms with Crippen molar-refractivity contribution in [3.8, 4) is 0 Å². The van der Waals surface area contributed by atoms with Gasteiger partial charge in [0.2, 0.25) is 6.79 Å². The minimum absolute atomic E-state index is 0. The second kappa shape index (κ2) is 53.9. The molecule has 4 N–H and O–H groups in total. The van der Waals surface area contributed by atoms with Crippen LogP contribution in [0.5, 0.6) is 0 Å². The number of rotatable bonds is 22. The molecule has 36 heteroatoms. The van der Waals surface area contributed by atoms with Crippen molar-refractivity contribution in [2.75, 3.05) is 42.4 Å². The summed E-state index contributed by atoms with van der Waals surface area (Å²) in [6, 6.07) is 38.2. The summed E-state index contributed by atoms with van der Waals surface area (Å²) in [5.74, 6) is 0.554. The van der Waals surface area contributed by atoms with Crippen LogP contribution in [0.2, 0.25) is 0 Å². The number of benzene rings is 3. The van der Waals surface area contributed by atoms with Crippen molar-refractivity contribution in [2.45, 2.75) is 104 Å². The summed E-state index contributed by atoms with van der Waals surface area (Å²) in [6.45, 7) is 5.45. The standard InChI is InChI=1S/C17H16BrN3O2.C16H14N4O5S.C16H15N3O2.C13H28.Ag.HNO3.Na.3O2S/c1-21-10-12-6-2-3-7-13(12)16(23-11-18)15(21)17(22)20-14-8-4-5-9-19-14;21-16(18-13-7-3-4-8-17-13)14-15(24-10-25-20(22)23)12-6-2-1-5-11(12)9-19(14)26;1-19-10-11-6-2-3-7-12(11)15(20)14(19)16(21)18-13-8-4-5-9-17-13;1-3-5-7-9-11-13-12-10-8-6-4-2;;2-1(3)4;;3*1-3-2/h2-9H,10-11H2,1H3,(H,19,20,22);1-8,26H,9-10H2,(H,17,18,21);2-9,20H,10H2,1H3,(H,17,18,21);3-13H2,1-2H3;;(H,2,3,4);;;;/q;;;;;;+1;;;/p-1. The molecule has 29 nitrogen and oxygen atoms in total. The Kier molecular flexibility index (Phi) is 49.5. The van der Waals surface area contributed by atoms with Crippen molar-refractivity contribution in [1.29, 1.82) is 0 Å². The van der Waals surface area contributed by atoms with Gasteiger partial charge in [-0.15, -0.1) is 20.2 Å². The van der Waals surface area contributed by atoms with Gasteiger partial charge >= 0.3 is 64.3 Å². The number of amides is 3. The molecule has 3 aromatic carbocycles. The number of anilines is 3. The summed E-state index contributed by atoms with van der Waals surface area (Å²) in [7, 11) is 3.61. The van der Waals surface area contributed by atoms with Crippen molar-refractivity contribution in [2.24, 2.45) is 0 Å². The quantitative estimate of drug-likeness (QED) is 0.00909. The van der Waals surface area contributed by atoms with Crippen molar-refractivity contribution in [1.82, 2.24) is 29.1 Å². The molecular formula is C62H73AgBrN11NaO18S4. The number of carbonyl (C=O) groups excluding carboxylic acids is 3. The number of unbranched alkanes of at least 4 members (excludes halogenated alkanes) is 10. The first-order chi connectivity index (χ1) is 46.3. The summed E-state index contributed by atoms with van der Waals surface area (Å²) >= 11 is 5.38. The maximum absolute atomic E-state index is 12.7. The number of aromatic nitrogens is 3. The largest absolute Gasteiger partial charge is 1.00 e. The number of halogens is 1. The Bertz CT molecular complexity index is 3580. The molecule has 3 amide bonds. The van der Waals surface area contributed by atoms with Crippen LogP contribution in [0.4, 0.5) is 17.5 Å². The fourth-order valence-electron chi connectivity index (χ4n) is 9.22. The van der Waals surface area contributed by atoms with Gasteiger partial charge in [0.25, 0.3) is 27.9 Å². The Hall–Kier alpha value is -8.03. The number of nitrogens with one attached hydrogen (secondary N) is 3. The first-order valence-corrected chi connectivity index (χ1v) is 32.7. The van der Waals surface area contributed by atoms with E-state index in [0.717, 1.165) is 22.3 Å². The number of fused-ring (bicyclic) bond motifs is 3. The first kappa shape index (κ1) is 90.0. The Balaban J connectivity index is 0.00000122. The van der Waals surface area contributed by atoms with Gasteiger partial charge in [-0.3, -0.25) is 19.2 Å². The van der Waals surface area contributed by atoms with Gasteiger partial charge in [-0.25, -0.2) is 15.0 Å². The number of carbonyl (C=O) groups is 3. The van der Waals surface area contributed by atoms with E-state index in [1.165, 1.54) is 74.9 Å². The predicted octanol–water partition coefficient (Wildman–Crippen LogP) is 6.59. The number of pyridine rings is 3. The topological polar surface area (TPSA) is 395 Å². The zero-order valence-corrected chi connectivity index (χ0v) is 62.4. The smallest absolute Gasteiger partial charge is 0.871 e. The van der Waals surface area contributed by atoms with E-state index in [1.807, 2.05) is 66.5 Å². The average molecular weight is 1600 g/mol. The van der Waals surface area contributed by atoms with Gasteiger partial charge in [0.1, 0.15) is 28.7 Å². The molecule has 0 bridgehead atoms.